The van der Waals surface area contributed by atoms with Crippen LogP contribution in [0.25, 0.3) is 0 Å². The van der Waals surface area contributed by atoms with Gasteiger partial charge in [-0.2, -0.15) is 0 Å². The van der Waals surface area contributed by atoms with Gasteiger partial charge in [-0.05, 0) is 70.1 Å². The highest BCUT2D eigenvalue weighted by molar-refractivity contribution is 7.89. The molecule has 1 aromatic rings. The predicted octanol–water partition coefficient (Wildman–Crippen LogP) is 1.42. The van der Waals surface area contributed by atoms with Gasteiger partial charge in [0.1, 0.15) is 0 Å². The van der Waals surface area contributed by atoms with Crippen LogP contribution < -0.4 is 4.72 Å². The number of rotatable bonds is 8. The van der Waals surface area contributed by atoms with E-state index in [1.165, 1.54) is 0 Å². The van der Waals surface area contributed by atoms with Gasteiger partial charge in [0.2, 0.25) is 10.0 Å². The van der Waals surface area contributed by atoms with Crippen LogP contribution in [0.5, 0.6) is 0 Å². The van der Waals surface area contributed by atoms with Crippen LogP contribution in [-0.4, -0.2) is 45.6 Å². The zero-order chi connectivity index (χ0) is 16.0. The van der Waals surface area contributed by atoms with Crippen molar-refractivity contribution in [3.05, 3.63) is 28.8 Å². The Balaban J connectivity index is 2.76. The van der Waals surface area contributed by atoms with E-state index in [1.807, 2.05) is 27.1 Å². The molecule has 5 nitrogen and oxygen atoms in total. The molecule has 21 heavy (non-hydrogen) atoms. The Labute approximate surface area is 128 Å². The van der Waals surface area contributed by atoms with E-state index in [1.54, 1.807) is 13.0 Å². The quantitative estimate of drug-likeness (QED) is 0.712. The van der Waals surface area contributed by atoms with Crippen LogP contribution in [0, 0.1) is 13.8 Å². The number of hydrogen-bond donors (Lipinski definition) is 2. The molecule has 0 aliphatic carbocycles. The van der Waals surface area contributed by atoms with Gasteiger partial charge in [0, 0.05) is 6.54 Å². The van der Waals surface area contributed by atoms with E-state index in [0.717, 1.165) is 30.5 Å². The van der Waals surface area contributed by atoms with Crippen molar-refractivity contribution in [2.75, 3.05) is 27.2 Å². The summed E-state index contributed by atoms with van der Waals surface area (Å²) in [6, 6.07) is 3.36. The lowest BCUT2D eigenvalue weighted by molar-refractivity contribution is 0.281. The van der Waals surface area contributed by atoms with Crippen molar-refractivity contribution in [1.29, 1.82) is 0 Å². The molecule has 0 aromatic heterocycles. The molecule has 1 aromatic carbocycles. The third kappa shape index (κ3) is 5.39. The van der Waals surface area contributed by atoms with Gasteiger partial charge in [-0.3, -0.25) is 0 Å². The van der Waals surface area contributed by atoms with E-state index in [0.29, 0.717) is 12.1 Å². The van der Waals surface area contributed by atoms with Crippen molar-refractivity contribution in [3.8, 4) is 0 Å². The van der Waals surface area contributed by atoms with Crippen molar-refractivity contribution in [3.63, 3.8) is 0 Å². The Hall–Kier alpha value is -0.950. The van der Waals surface area contributed by atoms with Crippen LogP contribution in [0.1, 0.15) is 29.5 Å². The van der Waals surface area contributed by atoms with Crippen LogP contribution in [-0.2, 0) is 16.6 Å². The van der Waals surface area contributed by atoms with Crippen molar-refractivity contribution in [2.24, 2.45) is 0 Å². The Morgan fingerprint density at radius 3 is 2.43 bits per heavy atom. The molecule has 0 aliphatic rings. The molecule has 0 atom stereocenters. The number of unbranched alkanes of at least 4 members (excludes halogenated alkanes) is 1. The van der Waals surface area contributed by atoms with Crippen molar-refractivity contribution < 1.29 is 13.5 Å². The monoisotopic (exact) mass is 314 g/mol. The second-order valence-electron chi connectivity index (χ2n) is 5.60. The minimum Gasteiger partial charge on any atom is -0.392 e. The number of hydrogen-bond acceptors (Lipinski definition) is 4. The number of nitrogens with zero attached hydrogens (tertiary/aromatic N) is 1. The second-order valence-corrected chi connectivity index (χ2v) is 7.34. The zero-order valence-electron chi connectivity index (χ0n) is 13.3. The highest BCUT2D eigenvalue weighted by Gasteiger charge is 2.18. The molecule has 0 spiro atoms. The fourth-order valence-corrected chi connectivity index (χ4v) is 3.55. The van der Waals surface area contributed by atoms with Crippen LogP contribution in [0.15, 0.2) is 17.0 Å². The van der Waals surface area contributed by atoms with Gasteiger partial charge < -0.3 is 10.0 Å². The lowest BCUT2D eigenvalue weighted by Crippen LogP contribution is -2.26. The molecule has 6 heteroatoms. The Morgan fingerprint density at radius 2 is 1.86 bits per heavy atom. The van der Waals surface area contributed by atoms with Crippen LogP contribution in [0.2, 0.25) is 0 Å². The third-order valence-electron chi connectivity index (χ3n) is 3.48. The first kappa shape index (κ1) is 18.1. The van der Waals surface area contributed by atoms with Gasteiger partial charge in [0.05, 0.1) is 11.5 Å². The van der Waals surface area contributed by atoms with Crippen molar-refractivity contribution in [2.45, 2.75) is 38.2 Å². The van der Waals surface area contributed by atoms with Gasteiger partial charge in [0.15, 0.2) is 0 Å². The van der Waals surface area contributed by atoms with Crippen molar-refractivity contribution in [1.82, 2.24) is 9.62 Å². The average Bonchev–Trinajstić information content (AvgIpc) is 2.40. The predicted molar refractivity (Wildman–Crippen MR) is 84.8 cm³/mol. The smallest absolute Gasteiger partial charge is 0.240 e. The number of aliphatic hydroxyl groups excluding tert-OH is 1. The molecule has 0 bridgehead atoms. The summed E-state index contributed by atoms with van der Waals surface area (Å²) in [4.78, 5) is 2.34. The maximum atomic E-state index is 12.4. The summed E-state index contributed by atoms with van der Waals surface area (Å²) in [5, 5.41) is 9.22. The molecule has 2 N–H and O–H groups in total. The van der Waals surface area contributed by atoms with E-state index < -0.39 is 10.0 Å². The van der Waals surface area contributed by atoms with Crippen LogP contribution in [0.3, 0.4) is 0 Å². The van der Waals surface area contributed by atoms with Crippen LogP contribution >= 0.6 is 0 Å². The first-order valence-electron chi connectivity index (χ1n) is 7.13. The topological polar surface area (TPSA) is 69.6 Å². The Morgan fingerprint density at radius 1 is 1.19 bits per heavy atom. The minimum absolute atomic E-state index is 0.160. The molecule has 120 valence electrons. The summed E-state index contributed by atoms with van der Waals surface area (Å²) in [5.74, 6) is 0. The lowest BCUT2D eigenvalue weighted by Gasteiger charge is -2.13. The summed E-state index contributed by atoms with van der Waals surface area (Å²) >= 11 is 0. The van der Waals surface area contributed by atoms with E-state index in [-0.39, 0.29) is 11.5 Å². The van der Waals surface area contributed by atoms with E-state index in [9.17, 15) is 13.5 Å². The number of aliphatic hydroxyl groups is 1. The van der Waals surface area contributed by atoms with Gasteiger partial charge in [-0.15, -0.1) is 0 Å². The molecular formula is C15H26N2O3S. The van der Waals surface area contributed by atoms with Gasteiger partial charge in [0.25, 0.3) is 0 Å². The average molecular weight is 314 g/mol. The Kier molecular flexibility index (Phi) is 6.80. The number of benzene rings is 1. The zero-order valence-corrected chi connectivity index (χ0v) is 14.1. The van der Waals surface area contributed by atoms with Crippen LogP contribution in [0.4, 0.5) is 0 Å². The fourth-order valence-electron chi connectivity index (χ4n) is 2.11. The molecular weight excluding hydrogens is 288 g/mol. The van der Waals surface area contributed by atoms with Crippen molar-refractivity contribution >= 4 is 10.0 Å². The molecule has 0 heterocycles. The summed E-state index contributed by atoms with van der Waals surface area (Å²) < 4.78 is 27.4. The molecule has 1 rings (SSSR count). The maximum absolute atomic E-state index is 12.4. The lowest BCUT2D eigenvalue weighted by atomic mass is 10.1. The van der Waals surface area contributed by atoms with Gasteiger partial charge >= 0.3 is 0 Å². The molecule has 0 amide bonds. The standard InChI is InChI=1S/C15H26N2O3S/c1-12-9-14(11-18)10-15(13(12)2)21(19,20)16-7-5-6-8-17(3)4/h9-10,16,18H,5-8,11H2,1-4H3. The highest BCUT2D eigenvalue weighted by Crippen LogP contribution is 2.21. The van der Waals surface area contributed by atoms with E-state index in [4.69, 9.17) is 0 Å². The molecule has 0 unspecified atom stereocenters. The highest BCUT2D eigenvalue weighted by atomic mass is 32.2. The van der Waals surface area contributed by atoms with E-state index >= 15 is 0 Å². The number of aryl methyl sites for hydroxylation is 1. The SMILES string of the molecule is Cc1cc(CO)cc(S(=O)(=O)NCCCCN(C)C)c1C. The van der Waals surface area contributed by atoms with Gasteiger partial charge in [-0.1, -0.05) is 6.07 Å². The Bertz CT molecular complexity index is 569. The minimum atomic E-state index is -3.52. The third-order valence-corrected chi connectivity index (χ3v) is 5.06. The second kappa shape index (κ2) is 7.89. The molecule has 0 radical (unpaired) electrons. The normalized spacial score (nSPS) is 12.1. The summed E-state index contributed by atoms with van der Waals surface area (Å²) in [7, 11) is 0.472. The molecule has 0 saturated heterocycles. The maximum Gasteiger partial charge on any atom is 0.240 e. The molecule has 0 fully saturated rings. The number of nitrogens with one attached hydrogen (secondary N) is 1. The molecule has 0 saturated carbocycles. The fraction of sp³-hybridized carbons (Fsp3) is 0.600. The summed E-state index contributed by atoms with van der Waals surface area (Å²) in [6.07, 6.45) is 1.75. The molecule has 0 aliphatic heterocycles. The van der Waals surface area contributed by atoms with E-state index in [2.05, 4.69) is 9.62 Å². The first-order valence-corrected chi connectivity index (χ1v) is 8.61. The number of sulfonamides is 1. The van der Waals surface area contributed by atoms with Gasteiger partial charge in [-0.25, -0.2) is 13.1 Å². The summed E-state index contributed by atoms with van der Waals surface area (Å²) in [5.41, 5.74) is 2.22. The summed E-state index contributed by atoms with van der Waals surface area (Å²) in [6.45, 7) is 4.85. The first-order chi connectivity index (χ1) is 9.77. The largest absolute Gasteiger partial charge is 0.392 e.